The van der Waals surface area contributed by atoms with E-state index in [1.165, 1.54) is 30.8 Å². The number of aromatic amines is 3. The Hall–Kier alpha value is -8.69. The number of amides is 2. The lowest BCUT2D eigenvalue weighted by Gasteiger charge is -2.44. The molecule has 0 aliphatic carbocycles. The molecule has 8 N–H and O–H groups in total. The SMILES string of the molecule is COc1nc2cc[nH]c2cc1B(O)O.COc1nc2ccn([Si](C(C)C)(C(C)C)C(C)C)c2cc1B(O)O.COc1nc2ccn([Si](C(C)C)(C(C)C)C(C)C)c2cc1C1=CCN(C(=O)OC(C)(C)C)CC1.COc1nc2ccn([Si](C(C)C)(C(C)C)C(C)C)c2cc1C1CCN(C(=O)OC(C)(C)C)CC1.O=c1[nH]c2cc[nH]c2cc1C1CCNCC1. The Morgan fingerprint density at radius 3 is 1.27 bits per heavy atom. The number of likely N-dealkylation sites (tertiary alicyclic amines) is 1. The molecule has 0 atom stereocenters. The van der Waals surface area contributed by atoms with Gasteiger partial charge in [-0.3, -0.25) is 4.79 Å². The van der Waals surface area contributed by atoms with Gasteiger partial charge >= 0.3 is 26.4 Å². The number of hydrogen-bond donors (Lipinski definition) is 8. The van der Waals surface area contributed by atoms with Crippen molar-refractivity contribution in [1.29, 1.82) is 0 Å². The van der Waals surface area contributed by atoms with Gasteiger partial charge in [-0.2, -0.15) is 0 Å². The molecule has 2 fully saturated rings. The number of methoxy groups -OCH3 is 4. The highest BCUT2D eigenvalue weighted by Crippen LogP contribution is 2.49. The van der Waals surface area contributed by atoms with Crippen molar-refractivity contribution in [3.8, 4) is 23.5 Å². The van der Waals surface area contributed by atoms with E-state index in [0.29, 0.717) is 105 Å². The number of carbonyl (C=O) groups is 2. The lowest BCUT2D eigenvalue weighted by Crippen LogP contribution is -2.51. The third kappa shape index (κ3) is 20.6. The molecule has 0 saturated carbocycles. The van der Waals surface area contributed by atoms with Gasteiger partial charge in [-0.05, 0) is 233 Å². The molecule has 13 heterocycles. The zero-order valence-corrected chi connectivity index (χ0v) is 81.0. The summed E-state index contributed by atoms with van der Waals surface area (Å²) in [7, 11) is -2.61. The second-order valence-electron chi connectivity index (χ2n) is 37.8. The molecule has 0 aromatic carbocycles. The van der Waals surface area contributed by atoms with Crippen molar-refractivity contribution < 1.29 is 58.1 Å². The molecule has 2 saturated heterocycles. The summed E-state index contributed by atoms with van der Waals surface area (Å²) >= 11 is 0. The number of ether oxygens (including phenoxy) is 6. The topological polar surface area (TPSA) is 320 Å². The molecule has 13 rings (SSSR count). The first kappa shape index (κ1) is 97.1. The maximum Gasteiger partial charge on any atom is 0.494 e. The maximum atomic E-state index is 12.5. The first-order chi connectivity index (χ1) is 57.4. The Balaban J connectivity index is 0.000000180. The summed E-state index contributed by atoms with van der Waals surface area (Å²) in [5.41, 5.74) is 18.7. The van der Waals surface area contributed by atoms with Gasteiger partial charge in [0, 0.05) is 66.2 Å². The van der Waals surface area contributed by atoms with E-state index in [-0.39, 0.29) is 35.0 Å². The van der Waals surface area contributed by atoms with Crippen molar-refractivity contribution >= 4 is 123 Å². The fourth-order valence-corrected chi connectivity index (χ4v) is 40.5. The van der Waals surface area contributed by atoms with Gasteiger partial charge in [-0.1, -0.05) is 131 Å². The van der Waals surface area contributed by atoms with Crippen molar-refractivity contribution in [2.45, 2.75) is 271 Å². The number of piperidine rings is 2. The number of carbonyl (C=O) groups excluding carboxylic acids is 2. The van der Waals surface area contributed by atoms with E-state index in [1.54, 1.807) is 37.4 Å². The summed E-state index contributed by atoms with van der Waals surface area (Å²) in [6, 6.07) is 20.0. The summed E-state index contributed by atoms with van der Waals surface area (Å²) in [5, 5.41) is 40.8. The average molecular weight is 1730 g/mol. The highest BCUT2D eigenvalue weighted by atomic mass is 28.3. The largest absolute Gasteiger partial charge is 0.494 e. The minimum absolute atomic E-state index is 0.0685. The molecule has 2 amide bonds. The number of pyridine rings is 5. The van der Waals surface area contributed by atoms with Crippen LogP contribution in [-0.4, -0.2) is 208 Å². The van der Waals surface area contributed by atoms with Gasteiger partial charge < -0.3 is 91.3 Å². The number of rotatable bonds is 21. The maximum absolute atomic E-state index is 12.5. The Kier molecular flexibility index (Phi) is 32.3. The predicted octanol–water partition coefficient (Wildman–Crippen LogP) is 17.6. The molecule has 0 spiro atoms. The van der Waals surface area contributed by atoms with E-state index in [1.807, 2.05) is 76.9 Å². The summed E-state index contributed by atoms with van der Waals surface area (Å²) in [6.07, 6.45) is 16.5. The smallest absolute Gasteiger partial charge is 0.481 e. The highest BCUT2D eigenvalue weighted by molar-refractivity contribution is 6.84. The molecule has 10 aromatic rings. The van der Waals surface area contributed by atoms with E-state index in [0.717, 1.165) is 106 Å². The van der Waals surface area contributed by atoms with E-state index in [9.17, 15) is 24.4 Å². The Morgan fingerprint density at radius 2 is 0.844 bits per heavy atom. The quantitative estimate of drug-likeness (QED) is 0.0310. The van der Waals surface area contributed by atoms with E-state index >= 15 is 0 Å². The molecule has 10 aromatic heterocycles. The number of aromatic nitrogens is 10. The Bertz CT molecular complexity index is 5180. The van der Waals surface area contributed by atoms with Gasteiger partial charge in [0.05, 0.1) is 83.6 Å². The molecular formula is C91H141B2N13O13Si3. The van der Waals surface area contributed by atoms with Crippen molar-refractivity contribution in [3.05, 3.63) is 125 Å². The van der Waals surface area contributed by atoms with Crippen LogP contribution >= 0.6 is 0 Å². The van der Waals surface area contributed by atoms with Crippen LogP contribution in [-0.2, 0) is 9.47 Å². The van der Waals surface area contributed by atoms with Crippen LogP contribution < -0.4 is 40.7 Å². The molecule has 122 heavy (non-hydrogen) atoms. The molecule has 0 bridgehead atoms. The van der Waals surface area contributed by atoms with Crippen LogP contribution in [0.1, 0.15) is 227 Å². The fraction of sp³-hybridized carbons (Fsp3) is 0.571. The zero-order valence-electron chi connectivity index (χ0n) is 78.0. The van der Waals surface area contributed by atoms with Gasteiger partial charge in [0.1, 0.15) is 11.2 Å². The van der Waals surface area contributed by atoms with Gasteiger partial charge in [0.25, 0.3) is 5.56 Å². The minimum Gasteiger partial charge on any atom is -0.481 e. The first-order valence-electron chi connectivity index (χ1n) is 43.9. The number of fused-ring (bicyclic) bond motifs is 5. The lowest BCUT2D eigenvalue weighted by atomic mass is 9.81. The number of hydrogen-bond acceptors (Lipinski definition) is 18. The number of nitrogens with one attached hydrogen (secondary N) is 4. The van der Waals surface area contributed by atoms with Crippen molar-refractivity contribution in [2.24, 2.45) is 0 Å². The third-order valence-electron chi connectivity index (χ3n) is 25.6. The van der Waals surface area contributed by atoms with Crippen LogP contribution in [0, 0.1) is 0 Å². The van der Waals surface area contributed by atoms with E-state index in [4.69, 9.17) is 48.4 Å². The standard InChI is InChI=1S/C27H45N3O3Si.C27H43N3O3Si.C17H29BN2O3Si.C12H15N3O.C8H9BN2O3/c2*1-18(2)34(19(3)4,20(5)6)30-16-13-23-24(30)17-22(25(28-23)32-10)21-11-14-29(15-12-21)26(31)33-27(7,8)9;1-11(2)24(12(3)4,13(5)6)20-9-8-15-16(20)10-14(18(21)22)17(19-15)23-7;16-12-9(8-1-4-13-5-2-8)7-11-10(15-12)3-6-14-11;1-14-8-5(9(12)13)4-7-6(11-8)2-3-10-7/h13,16-21H,11-12,14-15H2,1-10H3;11,13,16-20H,12,14-15H2,1-10H3;8-13,21-22H,1-7H3;3,6-8,13-14H,1-2,4-5H2,(H,15,16);2-4,10,12-13H,1H3. The van der Waals surface area contributed by atoms with Crippen molar-refractivity contribution in [2.75, 3.05) is 67.7 Å². The molecule has 31 heteroatoms. The Morgan fingerprint density at radius 1 is 0.451 bits per heavy atom. The van der Waals surface area contributed by atoms with Gasteiger partial charge in [0.15, 0.2) is 24.7 Å². The summed E-state index contributed by atoms with van der Waals surface area (Å²) in [4.78, 5) is 68.0. The van der Waals surface area contributed by atoms with Crippen LogP contribution in [0.4, 0.5) is 9.59 Å². The lowest BCUT2D eigenvalue weighted by molar-refractivity contribution is 0.0202. The van der Waals surface area contributed by atoms with Crippen LogP contribution in [0.3, 0.4) is 0 Å². The normalized spacial score (nSPS) is 14.9. The predicted molar refractivity (Wildman–Crippen MR) is 504 cm³/mol. The van der Waals surface area contributed by atoms with Gasteiger partial charge in [-0.15, -0.1) is 0 Å². The highest BCUT2D eigenvalue weighted by Gasteiger charge is 2.49. The van der Waals surface area contributed by atoms with Crippen LogP contribution in [0.2, 0.25) is 49.9 Å². The zero-order chi connectivity index (χ0) is 90.2. The van der Waals surface area contributed by atoms with E-state index in [2.05, 4.69) is 216 Å². The van der Waals surface area contributed by atoms with Crippen LogP contribution in [0.5, 0.6) is 23.5 Å². The molecule has 0 radical (unpaired) electrons. The average Bonchev–Trinajstić information content (AvgIpc) is 1.54. The summed E-state index contributed by atoms with van der Waals surface area (Å²) < 4.78 is 40.4. The third-order valence-corrected chi connectivity index (χ3v) is 45.9. The number of nitrogens with zero attached hydrogens (tertiary/aromatic N) is 9. The Labute approximate surface area is 726 Å². The molecule has 0 unspecified atom stereocenters. The number of H-pyrrole nitrogens is 3. The summed E-state index contributed by atoms with van der Waals surface area (Å²) in [5.74, 6) is 2.56. The van der Waals surface area contributed by atoms with E-state index < -0.39 is 50.1 Å². The molecule has 3 aliphatic heterocycles. The second kappa shape index (κ2) is 40.5. The van der Waals surface area contributed by atoms with Gasteiger partial charge in [-0.25, -0.2) is 29.5 Å². The van der Waals surface area contributed by atoms with Crippen LogP contribution in [0.25, 0.3) is 60.7 Å². The molecule has 666 valence electrons. The molecular weight excluding hydrogens is 1590 g/mol. The van der Waals surface area contributed by atoms with Crippen molar-refractivity contribution in [1.82, 2.24) is 62.7 Å². The minimum atomic E-state index is -1.93. The summed E-state index contributed by atoms with van der Waals surface area (Å²) in [6.45, 7) is 58.4. The monoisotopic (exact) mass is 1730 g/mol. The van der Waals surface area contributed by atoms with Crippen LogP contribution in [0.15, 0.2) is 103 Å². The van der Waals surface area contributed by atoms with Crippen molar-refractivity contribution in [3.63, 3.8) is 0 Å². The molecule has 3 aliphatic rings. The molecule has 26 nitrogen and oxygen atoms in total. The first-order valence-corrected chi connectivity index (χ1v) is 50.4. The fourth-order valence-electron chi connectivity index (χ4n) is 20.8. The second-order valence-corrected chi connectivity index (χ2v) is 55.0. The van der Waals surface area contributed by atoms with Gasteiger partial charge in [0.2, 0.25) is 23.5 Å².